The minimum atomic E-state index is -0.237. The molecule has 1 saturated heterocycles. The molecule has 0 saturated carbocycles. The number of nitrogens with zero attached hydrogens (tertiary/aromatic N) is 1. The van der Waals surface area contributed by atoms with Crippen LogP contribution in [0.5, 0.6) is 0 Å². The van der Waals surface area contributed by atoms with Crippen LogP contribution in [0.1, 0.15) is 18.4 Å². The van der Waals surface area contributed by atoms with E-state index in [9.17, 15) is 4.79 Å². The molecule has 0 aromatic carbocycles. The second kappa shape index (κ2) is 6.03. The first kappa shape index (κ1) is 13.8. The summed E-state index contributed by atoms with van der Waals surface area (Å²) < 4.78 is 6.69. The van der Waals surface area contributed by atoms with E-state index in [1.807, 2.05) is 6.92 Å². The number of nitrogens with two attached hydrogens (primary N) is 1. The van der Waals surface area contributed by atoms with Crippen LogP contribution < -0.4 is 22.0 Å². The van der Waals surface area contributed by atoms with Gasteiger partial charge in [-0.2, -0.15) is 0 Å². The smallest absolute Gasteiger partial charge is 0.271 e. The van der Waals surface area contributed by atoms with Gasteiger partial charge >= 0.3 is 0 Å². The van der Waals surface area contributed by atoms with Crippen molar-refractivity contribution in [2.24, 2.45) is 0 Å². The number of nitrogens with one attached hydrogen (secondary N) is 2. The Kier molecular flexibility index (Phi) is 4.39. The van der Waals surface area contributed by atoms with Crippen molar-refractivity contribution in [3.63, 3.8) is 0 Å². The molecule has 7 heteroatoms. The maximum absolute atomic E-state index is 11.8. The maximum Gasteiger partial charge on any atom is 0.271 e. The fourth-order valence-corrected chi connectivity index (χ4v) is 2.17. The number of pyridine rings is 1. The van der Waals surface area contributed by atoms with E-state index in [-0.39, 0.29) is 11.7 Å². The SMILES string of the molecule is Cc1cc(N)n(NC(=S)NC[C@@H]2CCCO2)c(=O)c1. The van der Waals surface area contributed by atoms with E-state index in [0.717, 1.165) is 25.0 Å². The second-order valence-corrected chi connectivity index (χ2v) is 5.00. The lowest BCUT2D eigenvalue weighted by molar-refractivity contribution is 0.114. The molecule has 19 heavy (non-hydrogen) atoms. The zero-order valence-electron chi connectivity index (χ0n) is 10.8. The number of anilines is 1. The molecule has 0 amide bonds. The van der Waals surface area contributed by atoms with E-state index >= 15 is 0 Å². The van der Waals surface area contributed by atoms with Crippen molar-refractivity contribution >= 4 is 23.1 Å². The lowest BCUT2D eigenvalue weighted by Crippen LogP contribution is -2.42. The Labute approximate surface area is 116 Å². The number of aryl methyl sites for hydroxylation is 1. The molecule has 0 bridgehead atoms. The number of thiocarbonyl (C=S) groups is 1. The maximum atomic E-state index is 11.8. The van der Waals surface area contributed by atoms with Gasteiger partial charge in [0.25, 0.3) is 5.56 Å². The molecular formula is C12H18N4O2S. The predicted octanol–water partition coefficient (Wildman–Crippen LogP) is 0.336. The highest BCUT2D eigenvalue weighted by atomic mass is 32.1. The summed E-state index contributed by atoms with van der Waals surface area (Å²) in [5.41, 5.74) is 9.13. The van der Waals surface area contributed by atoms with E-state index < -0.39 is 0 Å². The van der Waals surface area contributed by atoms with Crippen LogP contribution in [0.4, 0.5) is 5.82 Å². The van der Waals surface area contributed by atoms with E-state index in [4.69, 9.17) is 22.7 Å². The molecule has 1 aliphatic heterocycles. The Bertz CT molecular complexity index is 523. The van der Waals surface area contributed by atoms with Gasteiger partial charge in [0, 0.05) is 19.2 Å². The predicted molar refractivity (Wildman–Crippen MR) is 78.8 cm³/mol. The zero-order chi connectivity index (χ0) is 13.8. The Balaban J connectivity index is 1.93. The van der Waals surface area contributed by atoms with Crippen molar-refractivity contribution in [1.29, 1.82) is 0 Å². The number of aromatic nitrogens is 1. The van der Waals surface area contributed by atoms with Crippen molar-refractivity contribution in [1.82, 2.24) is 9.99 Å². The number of rotatable bonds is 3. The van der Waals surface area contributed by atoms with Crippen LogP contribution in [0.25, 0.3) is 0 Å². The van der Waals surface area contributed by atoms with Gasteiger partial charge in [0.1, 0.15) is 5.82 Å². The Morgan fingerprint density at radius 2 is 2.42 bits per heavy atom. The van der Waals surface area contributed by atoms with Crippen LogP contribution in [-0.2, 0) is 4.74 Å². The molecule has 2 rings (SSSR count). The van der Waals surface area contributed by atoms with Gasteiger partial charge in [0.05, 0.1) is 6.10 Å². The monoisotopic (exact) mass is 282 g/mol. The van der Waals surface area contributed by atoms with Gasteiger partial charge in [-0.3, -0.25) is 10.2 Å². The molecule has 6 nitrogen and oxygen atoms in total. The number of hydrogen-bond acceptors (Lipinski definition) is 4. The van der Waals surface area contributed by atoms with Gasteiger partial charge in [-0.1, -0.05) is 0 Å². The lowest BCUT2D eigenvalue weighted by atomic mass is 10.2. The van der Waals surface area contributed by atoms with Gasteiger partial charge in [-0.25, -0.2) is 4.68 Å². The fourth-order valence-electron chi connectivity index (χ4n) is 2.00. The largest absolute Gasteiger partial charge is 0.384 e. The molecule has 1 aromatic heterocycles. The van der Waals surface area contributed by atoms with Crippen molar-refractivity contribution < 1.29 is 4.74 Å². The van der Waals surface area contributed by atoms with E-state index in [1.165, 1.54) is 10.7 Å². The first-order valence-electron chi connectivity index (χ1n) is 6.22. The van der Waals surface area contributed by atoms with Crippen molar-refractivity contribution in [2.45, 2.75) is 25.9 Å². The Hall–Kier alpha value is -1.60. The van der Waals surface area contributed by atoms with Crippen LogP contribution in [0.15, 0.2) is 16.9 Å². The van der Waals surface area contributed by atoms with Gasteiger partial charge in [0.2, 0.25) is 0 Å². The summed E-state index contributed by atoms with van der Waals surface area (Å²) in [4.78, 5) is 11.8. The number of hydrogen-bond donors (Lipinski definition) is 3. The standard InChI is InChI=1S/C12H18N4O2S/c1-8-5-10(13)16(11(17)6-8)15-12(19)14-7-9-3-2-4-18-9/h5-6,9H,2-4,7,13H2,1H3,(H2,14,15,19)/t9-/m0/s1. The van der Waals surface area contributed by atoms with Crippen LogP contribution in [0.2, 0.25) is 0 Å². The van der Waals surface area contributed by atoms with Crippen LogP contribution >= 0.6 is 12.2 Å². The minimum Gasteiger partial charge on any atom is -0.384 e. The summed E-state index contributed by atoms with van der Waals surface area (Å²) in [6.45, 7) is 3.25. The van der Waals surface area contributed by atoms with Crippen LogP contribution in [0.3, 0.4) is 0 Å². The van der Waals surface area contributed by atoms with Gasteiger partial charge in [-0.15, -0.1) is 0 Å². The van der Waals surface area contributed by atoms with Crippen molar-refractivity contribution in [2.75, 3.05) is 24.3 Å². The average molecular weight is 282 g/mol. The second-order valence-electron chi connectivity index (χ2n) is 4.59. The highest BCUT2D eigenvalue weighted by molar-refractivity contribution is 7.80. The van der Waals surface area contributed by atoms with Crippen molar-refractivity contribution in [3.8, 4) is 0 Å². The minimum absolute atomic E-state index is 0.187. The normalized spacial score (nSPS) is 18.3. The molecule has 1 fully saturated rings. The van der Waals surface area contributed by atoms with Crippen LogP contribution in [-0.4, -0.2) is 29.0 Å². The molecule has 2 heterocycles. The topological polar surface area (TPSA) is 81.3 Å². The molecule has 1 aromatic rings. The van der Waals surface area contributed by atoms with Gasteiger partial charge in [-0.05, 0) is 43.6 Å². The third-order valence-electron chi connectivity index (χ3n) is 2.93. The summed E-state index contributed by atoms with van der Waals surface area (Å²) in [5.74, 6) is 0.325. The molecule has 104 valence electrons. The molecule has 4 N–H and O–H groups in total. The molecule has 0 spiro atoms. The molecule has 1 aliphatic rings. The third-order valence-corrected chi connectivity index (χ3v) is 3.17. The summed E-state index contributed by atoms with van der Waals surface area (Å²) in [5, 5.41) is 3.38. The molecule has 1 atom stereocenters. The molecule has 0 aliphatic carbocycles. The number of nitrogen functional groups attached to an aromatic ring is 1. The summed E-state index contributed by atoms with van der Waals surface area (Å²) in [6.07, 6.45) is 2.30. The Morgan fingerprint density at radius 1 is 1.63 bits per heavy atom. The van der Waals surface area contributed by atoms with Gasteiger partial charge < -0.3 is 15.8 Å². The molecule has 0 radical (unpaired) electrons. The summed E-state index contributed by atoms with van der Waals surface area (Å²) >= 11 is 5.13. The molecule has 0 unspecified atom stereocenters. The van der Waals surface area contributed by atoms with Gasteiger partial charge in [0.15, 0.2) is 5.11 Å². The third kappa shape index (κ3) is 3.68. The van der Waals surface area contributed by atoms with Crippen molar-refractivity contribution in [3.05, 3.63) is 28.0 Å². The van der Waals surface area contributed by atoms with E-state index in [0.29, 0.717) is 17.5 Å². The first-order chi connectivity index (χ1) is 9.06. The first-order valence-corrected chi connectivity index (χ1v) is 6.63. The zero-order valence-corrected chi connectivity index (χ0v) is 11.6. The lowest BCUT2D eigenvalue weighted by Gasteiger charge is -2.16. The van der Waals surface area contributed by atoms with E-state index in [2.05, 4.69) is 10.7 Å². The highest BCUT2D eigenvalue weighted by Gasteiger charge is 2.15. The average Bonchev–Trinajstić information content (AvgIpc) is 2.84. The molecular weight excluding hydrogens is 264 g/mol. The number of ether oxygens (including phenoxy) is 1. The summed E-state index contributed by atoms with van der Waals surface area (Å²) in [7, 11) is 0. The van der Waals surface area contributed by atoms with Crippen LogP contribution in [0, 0.1) is 6.92 Å². The quantitative estimate of drug-likeness (QED) is 0.694. The fraction of sp³-hybridized carbons (Fsp3) is 0.500. The highest BCUT2D eigenvalue weighted by Crippen LogP contribution is 2.10. The summed E-state index contributed by atoms with van der Waals surface area (Å²) in [6, 6.07) is 3.20. The van der Waals surface area contributed by atoms with E-state index in [1.54, 1.807) is 6.07 Å². The Morgan fingerprint density at radius 3 is 3.05 bits per heavy atom.